The molecule has 0 saturated heterocycles. The van der Waals surface area contributed by atoms with Gasteiger partial charge in [-0.3, -0.25) is 10.1 Å². The summed E-state index contributed by atoms with van der Waals surface area (Å²) < 4.78 is 5.02. The molecule has 0 aromatic heterocycles. The van der Waals surface area contributed by atoms with Crippen molar-refractivity contribution in [3.8, 4) is 0 Å². The van der Waals surface area contributed by atoms with Crippen molar-refractivity contribution in [2.75, 3.05) is 0 Å². The summed E-state index contributed by atoms with van der Waals surface area (Å²) in [7, 11) is 0. The zero-order chi connectivity index (χ0) is 17.6. The van der Waals surface area contributed by atoms with Crippen LogP contribution in [0, 0.1) is 10.1 Å². The van der Waals surface area contributed by atoms with E-state index in [9.17, 15) is 19.7 Å². The van der Waals surface area contributed by atoms with Crippen molar-refractivity contribution in [2.24, 2.45) is 0 Å². The highest BCUT2D eigenvalue weighted by Gasteiger charge is 2.23. The second kappa shape index (κ2) is 7.57. The molecule has 0 heterocycles. The summed E-state index contributed by atoms with van der Waals surface area (Å²) in [5.41, 5.74) is -0.00542. The number of non-ortho nitro benzene ring substituents is 1. The minimum absolute atomic E-state index is 0.0320. The topological polar surface area (TPSA) is 119 Å². The maximum absolute atomic E-state index is 11.6. The minimum Gasteiger partial charge on any atom is -0.480 e. The maximum atomic E-state index is 11.6. The van der Waals surface area contributed by atoms with Crippen LogP contribution in [0.15, 0.2) is 24.3 Å². The zero-order valence-electron chi connectivity index (χ0n) is 13.2. The lowest BCUT2D eigenvalue weighted by molar-refractivity contribution is -0.384. The Labute approximate surface area is 133 Å². The second-order valence-electron chi connectivity index (χ2n) is 6.00. The Morgan fingerprint density at radius 3 is 2.30 bits per heavy atom. The Bertz CT molecular complexity index is 577. The number of carbonyl (C=O) groups is 2. The molecule has 126 valence electrons. The van der Waals surface area contributed by atoms with Gasteiger partial charge in [-0.05, 0) is 39.2 Å². The van der Waals surface area contributed by atoms with Gasteiger partial charge in [0.25, 0.3) is 5.69 Å². The van der Waals surface area contributed by atoms with E-state index in [4.69, 9.17) is 9.84 Å². The van der Waals surface area contributed by atoms with Crippen molar-refractivity contribution in [2.45, 2.75) is 45.3 Å². The number of carboxylic acid groups (broad SMARTS) is 1. The van der Waals surface area contributed by atoms with E-state index >= 15 is 0 Å². The molecule has 0 aliphatic carbocycles. The quantitative estimate of drug-likeness (QED) is 0.613. The molecular formula is C15H20N2O6. The van der Waals surface area contributed by atoms with Crippen LogP contribution >= 0.6 is 0 Å². The smallest absolute Gasteiger partial charge is 0.408 e. The molecule has 0 aliphatic heterocycles. The number of carbonyl (C=O) groups excluding carboxylic acids is 1. The maximum Gasteiger partial charge on any atom is 0.408 e. The van der Waals surface area contributed by atoms with Gasteiger partial charge in [0.05, 0.1) is 4.92 Å². The van der Waals surface area contributed by atoms with Crippen LogP contribution in [-0.2, 0) is 16.0 Å². The molecule has 1 amide bonds. The zero-order valence-corrected chi connectivity index (χ0v) is 13.2. The standard InChI is InChI=1S/C15H20N2O6/c1-15(2,3)23-14(20)16-12(13(18)19)9-6-10-4-7-11(8-5-10)17(21)22/h4-5,7-8,12H,6,9H2,1-3H3,(H,16,20)(H,18,19)/t12-/m1/s1. The van der Waals surface area contributed by atoms with Gasteiger partial charge in [-0.2, -0.15) is 0 Å². The third kappa shape index (κ3) is 6.77. The van der Waals surface area contributed by atoms with Gasteiger partial charge in [0.2, 0.25) is 0 Å². The molecule has 0 saturated carbocycles. The summed E-state index contributed by atoms with van der Waals surface area (Å²) in [5.74, 6) is -1.17. The average molecular weight is 324 g/mol. The third-order valence-corrected chi connectivity index (χ3v) is 2.86. The largest absolute Gasteiger partial charge is 0.480 e. The molecule has 0 bridgehead atoms. The van der Waals surface area contributed by atoms with Crippen LogP contribution < -0.4 is 5.32 Å². The van der Waals surface area contributed by atoms with Gasteiger partial charge in [0.1, 0.15) is 11.6 Å². The van der Waals surface area contributed by atoms with Crippen molar-refractivity contribution >= 4 is 17.7 Å². The minimum atomic E-state index is -1.17. The number of benzene rings is 1. The van der Waals surface area contributed by atoms with Gasteiger partial charge in [-0.25, -0.2) is 9.59 Å². The fourth-order valence-electron chi connectivity index (χ4n) is 1.80. The highest BCUT2D eigenvalue weighted by Crippen LogP contribution is 2.14. The van der Waals surface area contributed by atoms with Crippen molar-refractivity contribution < 1.29 is 24.4 Å². The summed E-state index contributed by atoms with van der Waals surface area (Å²) in [6.45, 7) is 5.04. The summed E-state index contributed by atoms with van der Waals surface area (Å²) in [5, 5.41) is 22.0. The molecule has 23 heavy (non-hydrogen) atoms. The summed E-state index contributed by atoms with van der Waals surface area (Å²) in [4.78, 5) is 32.9. The van der Waals surface area contributed by atoms with Gasteiger partial charge in [-0.15, -0.1) is 0 Å². The first-order valence-corrected chi connectivity index (χ1v) is 7.04. The van der Waals surface area contributed by atoms with Crippen molar-refractivity contribution in [3.05, 3.63) is 39.9 Å². The van der Waals surface area contributed by atoms with Crippen molar-refractivity contribution in [3.63, 3.8) is 0 Å². The first kappa shape index (κ1) is 18.4. The molecule has 2 N–H and O–H groups in total. The number of hydrogen-bond acceptors (Lipinski definition) is 5. The van der Waals surface area contributed by atoms with E-state index in [1.807, 2.05) is 0 Å². The van der Waals surface area contributed by atoms with Crippen LogP contribution in [-0.4, -0.2) is 33.7 Å². The number of aryl methyl sites for hydroxylation is 1. The Hall–Kier alpha value is -2.64. The van der Waals surface area contributed by atoms with Gasteiger partial charge >= 0.3 is 12.1 Å². The normalized spacial score (nSPS) is 12.3. The van der Waals surface area contributed by atoms with Gasteiger partial charge in [-0.1, -0.05) is 12.1 Å². The fraction of sp³-hybridized carbons (Fsp3) is 0.467. The number of ether oxygens (including phenoxy) is 1. The first-order valence-electron chi connectivity index (χ1n) is 7.04. The van der Waals surface area contributed by atoms with Gasteiger partial charge in [0.15, 0.2) is 0 Å². The van der Waals surface area contributed by atoms with E-state index in [-0.39, 0.29) is 12.1 Å². The fourth-order valence-corrected chi connectivity index (χ4v) is 1.80. The second-order valence-corrected chi connectivity index (χ2v) is 6.00. The molecule has 0 fully saturated rings. The lowest BCUT2D eigenvalue weighted by Crippen LogP contribution is -2.43. The Kier molecular flexibility index (Phi) is 6.06. The van der Waals surface area contributed by atoms with Crippen molar-refractivity contribution in [1.82, 2.24) is 5.32 Å². The number of nitro groups is 1. The van der Waals surface area contributed by atoms with E-state index in [0.29, 0.717) is 6.42 Å². The molecule has 1 atom stereocenters. The number of rotatable bonds is 6. The number of carboxylic acids is 1. The van der Waals surface area contributed by atoms with Crippen LogP contribution in [0.5, 0.6) is 0 Å². The molecule has 0 aliphatic rings. The Morgan fingerprint density at radius 1 is 1.30 bits per heavy atom. The Morgan fingerprint density at radius 2 is 1.87 bits per heavy atom. The van der Waals surface area contributed by atoms with E-state index in [1.165, 1.54) is 12.1 Å². The van der Waals surface area contributed by atoms with Crippen LogP contribution in [0.2, 0.25) is 0 Å². The van der Waals surface area contributed by atoms with Crippen LogP contribution in [0.25, 0.3) is 0 Å². The third-order valence-electron chi connectivity index (χ3n) is 2.86. The van der Waals surface area contributed by atoms with E-state index < -0.39 is 28.6 Å². The number of nitrogens with zero attached hydrogens (tertiary/aromatic N) is 1. The number of amides is 1. The summed E-state index contributed by atoms with van der Waals surface area (Å²) in [6.07, 6.45) is -0.300. The first-order chi connectivity index (χ1) is 10.6. The average Bonchev–Trinajstić information content (AvgIpc) is 2.41. The molecule has 0 unspecified atom stereocenters. The van der Waals surface area contributed by atoms with Gasteiger partial charge < -0.3 is 15.2 Å². The van der Waals surface area contributed by atoms with Gasteiger partial charge in [0, 0.05) is 12.1 Å². The number of alkyl carbamates (subject to hydrolysis) is 1. The molecule has 8 nitrogen and oxygen atoms in total. The predicted octanol–water partition coefficient (Wildman–Crippen LogP) is 2.51. The number of aliphatic carboxylic acids is 1. The molecule has 8 heteroatoms. The van der Waals surface area contributed by atoms with Crippen LogP contribution in [0.4, 0.5) is 10.5 Å². The monoisotopic (exact) mass is 324 g/mol. The number of nitro benzene ring substituents is 1. The SMILES string of the molecule is CC(C)(C)OC(=O)N[C@H](CCc1ccc([N+](=O)[O-])cc1)C(=O)O. The Balaban J connectivity index is 2.61. The summed E-state index contributed by atoms with van der Waals surface area (Å²) in [6, 6.07) is 4.73. The van der Waals surface area contributed by atoms with E-state index in [0.717, 1.165) is 5.56 Å². The lowest BCUT2D eigenvalue weighted by Gasteiger charge is -2.22. The predicted molar refractivity (Wildman–Crippen MR) is 82.2 cm³/mol. The van der Waals surface area contributed by atoms with E-state index in [2.05, 4.69) is 5.32 Å². The number of hydrogen-bond donors (Lipinski definition) is 2. The van der Waals surface area contributed by atoms with Crippen molar-refractivity contribution in [1.29, 1.82) is 0 Å². The number of nitrogens with one attached hydrogen (secondary N) is 1. The molecule has 1 aromatic rings. The highest BCUT2D eigenvalue weighted by molar-refractivity contribution is 5.80. The molecule has 1 rings (SSSR count). The van der Waals surface area contributed by atoms with Crippen LogP contribution in [0.3, 0.4) is 0 Å². The van der Waals surface area contributed by atoms with Crippen LogP contribution in [0.1, 0.15) is 32.8 Å². The highest BCUT2D eigenvalue weighted by atomic mass is 16.6. The summed E-state index contributed by atoms with van der Waals surface area (Å²) >= 11 is 0. The molecule has 1 aromatic carbocycles. The molecular weight excluding hydrogens is 304 g/mol. The molecule has 0 spiro atoms. The lowest BCUT2D eigenvalue weighted by atomic mass is 10.1. The van der Waals surface area contributed by atoms with E-state index in [1.54, 1.807) is 32.9 Å². The molecule has 0 radical (unpaired) electrons.